The summed E-state index contributed by atoms with van der Waals surface area (Å²) in [6.45, 7) is 0.946. The molecular formula is C34H21N2+. The van der Waals surface area contributed by atoms with Gasteiger partial charge in [0.2, 0.25) is 0 Å². The van der Waals surface area contributed by atoms with Crippen molar-refractivity contribution in [3.05, 3.63) is 119 Å². The average molecular weight is 458 g/mol. The van der Waals surface area contributed by atoms with E-state index in [-0.39, 0.29) is 0 Å². The molecule has 2 aliphatic carbocycles. The Morgan fingerprint density at radius 2 is 1.28 bits per heavy atom. The van der Waals surface area contributed by atoms with E-state index in [1.807, 2.05) is 0 Å². The van der Waals surface area contributed by atoms with Gasteiger partial charge in [0.05, 0.1) is 5.39 Å². The number of fused-ring (bicyclic) bond motifs is 15. The third-order valence-electron chi connectivity index (χ3n) is 9.07. The Bertz CT molecular complexity index is 2180. The molecule has 0 amide bonds. The van der Waals surface area contributed by atoms with Crippen molar-refractivity contribution in [1.82, 2.24) is 4.40 Å². The van der Waals surface area contributed by atoms with Crippen molar-refractivity contribution in [3.63, 3.8) is 0 Å². The van der Waals surface area contributed by atoms with Gasteiger partial charge in [0.15, 0.2) is 11.0 Å². The Hall–Kier alpha value is -4.43. The molecule has 0 spiro atoms. The highest BCUT2D eigenvalue weighted by atomic mass is 15.1. The molecule has 0 fully saturated rings. The van der Waals surface area contributed by atoms with E-state index in [1.165, 1.54) is 88.4 Å². The molecule has 2 nitrogen and oxygen atoms in total. The van der Waals surface area contributed by atoms with Gasteiger partial charge >= 0.3 is 0 Å². The van der Waals surface area contributed by atoms with E-state index in [0.717, 1.165) is 19.4 Å². The largest absolute Gasteiger partial charge is 0.296 e. The van der Waals surface area contributed by atoms with E-state index in [0.29, 0.717) is 0 Å². The van der Waals surface area contributed by atoms with E-state index in [4.69, 9.17) is 0 Å². The van der Waals surface area contributed by atoms with Gasteiger partial charge in [-0.2, -0.15) is 4.40 Å². The van der Waals surface area contributed by atoms with Crippen molar-refractivity contribution < 1.29 is 4.57 Å². The normalized spacial score (nSPS) is 14.3. The first-order chi connectivity index (χ1) is 17.9. The van der Waals surface area contributed by atoms with Gasteiger partial charge in [0, 0.05) is 21.9 Å². The third kappa shape index (κ3) is 1.84. The summed E-state index contributed by atoms with van der Waals surface area (Å²) in [5.41, 5.74) is 18.6. The maximum absolute atomic E-state index is 2.62. The lowest BCUT2D eigenvalue weighted by Crippen LogP contribution is -2.30. The fourth-order valence-corrected chi connectivity index (χ4v) is 7.78. The zero-order chi connectivity index (χ0) is 23.1. The molecule has 0 radical (unpaired) electrons. The summed E-state index contributed by atoms with van der Waals surface area (Å²) >= 11 is 0. The molecule has 0 atom stereocenters. The van der Waals surface area contributed by atoms with Crippen molar-refractivity contribution in [3.8, 4) is 22.3 Å². The molecule has 36 heavy (non-hydrogen) atoms. The van der Waals surface area contributed by atoms with Crippen molar-refractivity contribution in [2.75, 3.05) is 0 Å². The average Bonchev–Trinajstić information content (AvgIpc) is 3.66. The van der Waals surface area contributed by atoms with Crippen LogP contribution in [0.1, 0.15) is 27.8 Å². The van der Waals surface area contributed by atoms with E-state index in [9.17, 15) is 0 Å². The van der Waals surface area contributed by atoms with Crippen LogP contribution < -0.4 is 4.57 Å². The Kier molecular flexibility index (Phi) is 2.92. The number of pyridine rings is 1. The van der Waals surface area contributed by atoms with Crippen LogP contribution in [0.2, 0.25) is 0 Å². The van der Waals surface area contributed by atoms with E-state index in [1.54, 1.807) is 0 Å². The summed E-state index contributed by atoms with van der Waals surface area (Å²) in [7, 11) is 0. The zero-order valence-corrected chi connectivity index (χ0v) is 19.7. The van der Waals surface area contributed by atoms with Gasteiger partial charge in [-0.3, -0.25) is 0 Å². The van der Waals surface area contributed by atoms with Crippen LogP contribution in [-0.2, 0) is 19.4 Å². The Labute approximate surface area is 207 Å². The van der Waals surface area contributed by atoms with Crippen LogP contribution in [-0.4, -0.2) is 4.40 Å². The first-order valence-corrected chi connectivity index (χ1v) is 12.9. The molecule has 0 bridgehead atoms. The molecule has 3 aliphatic rings. The van der Waals surface area contributed by atoms with Crippen molar-refractivity contribution in [1.29, 1.82) is 0 Å². The number of rotatable bonds is 0. The molecule has 0 unspecified atom stereocenters. The van der Waals surface area contributed by atoms with Gasteiger partial charge in [0.1, 0.15) is 12.1 Å². The second-order valence-electron chi connectivity index (χ2n) is 10.7. The molecule has 1 aliphatic heterocycles. The number of hydrogen-bond donors (Lipinski definition) is 0. The molecule has 10 rings (SSSR count). The minimum atomic E-state index is 0.946. The van der Waals surface area contributed by atoms with Crippen LogP contribution in [0, 0.1) is 0 Å². The highest BCUT2D eigenvalue weighted by Gasteiger charge is 2.38. The molecule has 3 heterocycles. The maximum Gasteiger partial charge on any atom is 0.296 e. The molecule has 0 N–H and O–H groups in total. The van der Waals surface area contributed by atoms with Crippen molar-refractivity contribution in [2.45, 2.75) is 19.4 Å². The molecule has 166 valence electrons. The SMILES string of the molecule is c1ccc2c(c1)Cc1c-2c2c(c3c1c1cccc4c1c1n3c3ccccc3[n+]1C4)-c1ccccc1C2. The van der Waals surface area contributed by atoms with Gasteiger partial charge in [-0.15, -0.1) is 0 Å². The highest BCUT2D eigenvalue weighted by Crippen LogP contribution is 2.54. The number of imidazole rings is 1. The van der Waals surface area contributed by atoms with E-state index >= 15 is 0 Å². The topological polar surface area (TPSA) is 8.29 Å². The molecule has 2 aromatic heterocycles. The number of para-hydroxylation sites is 2. The summed E-state index contributed by atoms with van der Waals surface area (Å²) in [6, 6.07) is 34.1. The molecule has 2 heteroatoms. The lowest BCUT2D eigenvalue weighted by Gasteiger charge is -2.15. The van der Waals surface area contributed by atoms with Gasteiger partial charge < -0.3 is 0 Å². The van der Waals surface area contributed by atoms with E-state index in [2.05, 4.69) is 100.0 Å². The monoisotopic (exact) mass is 457 g/mol. The number of benzene rings is 5. The molecule has 0 saturated heterocycles. The smallest absolute Gasteiger partial charge is 0.218 e. The minimum Gasteiger partial charge on any atom is -0.218 e. The van der Waals surface area contributed by atoms with Crippen molar-refractivity contribution in [2.24, 2.45) is 0 Å². The number of hydrogen-bond acceptors (Lipinski definition) is 0. The number of aromatic nitrogens is 2. The van der Waals surface area contributed by atoms with Crippen LogP contribution in [0.5, 0.6) is 0 Å². The second-order valence-corrected chi connectivity index (χ2v) is 10.7. The Morgan fingerprint density at radius 3 is 2.14 bits per heavy atom. The molecular weight excluding hydrogens is 436 g/mol. The predicted octanol–water partition coefficient (Wildman–Crippen LogP) is 7.19. The van der Waals surface area contributed by atoms with Crippen molar-refractivity contribution >= 4 is 38.4 Å². The zero-order valence-electron chi connectivity index (χ0n) is 19.7. The van der Waals surface area contributed by atoms with Crippen LogP contribution >= 0.6 is 0 Å². The van der Waals surface area contributed by atoms with Crippen LogP contribution in [0.4, 0.5) is 0 Å². The lowest BCUT2D eigenvalue weighted by molar-refractivity contribution is -0.631. The summed E-state index contributed by atoms with van der Waals surface area (Å²) < 4.78 is 5.16. The first-order valence-electron chi connectivity index (χ1n) is 12.9. The van der Waals surface area contributed by atoms with Crippen LogP contribution in [0.15, 0.2) is 91.0 Å². The number of nitrogens with zero attached hydrogens (tertiary/aromatic N) is 2. The van der Waals surface area contributed by atoms with Gasteiger partial charge in [0.25, 0.3) is 5.65 Å². The van der Waals surface area contributed by atoms with E-state index < -0.39 is 0 Å². The lowest BCUT2D eigenvalue weighted by atomic mass is 9.88. The van der Waals surface area contributed by atoms with Gasteiger partial charge in [-0.05, 0) is 63.9 Å². The summed E-state index contributed by atoms with van der Waals surface area (Å²) in [5, 5.41) is 4.31. The third-order valence-corrected chi connectivity index (χ3v) is 9.07. The van der Waals surface area contributed by atoms with Crippen LogP contribution in [0.3, 0.4) is 0 Å². The molecule has 7 aromatic rings. The summed E-state index contributed by atoms with van der Waals surface area (Å²) in [5.74, 6) is 0. The second kappa shape index (κ2) is 5.85. The summed E-state index contributed by atoms with van der Waals surface area (Å²) in [4.78, 5) is 0. The Balaban J connectivity index is 1.59. The van der Waals surface area contributed by atoms with Gasteiger partial charge in [-0.25, -0.2) is 4.57 Å². The predicted molar refractivity (Wildman–Crippen MR) is 146 cm³/mol. The summed E-state index contributed by atoms with van der Waals surface area (Å²) in [6.07, 6.45) is 2.02. The molecule has 0 saturated carbocycles. The highest BCUT2D eigenvalue weighted by molar-refractivity contribution is 6.22. The molecule has 5 aromatic carbocycles. The fourth-order valence-electron chi connectivity index (χ4n) is 7.78. The standard InChI is InChI=1S/C34H21N2/c1-3-11-22-19(8-1)16-26-30(22)25-17-20-9-2-4-12-23(20)31(25)33-32(26)24-13-7-10-21-18-35-27-14-5-6-15-28(27)36(33)34(35)29(21)24/h1-15H,16-18H2/q+1. The van der Waals surface area contributed by atoms with Gasteiger partial charge in [-0.1, -0.05) is 78.9 Å². The maximum atomic E-state index is 2.62. The quantitative estimate of drug-likeness (QED) is 0.168. The van der Waals surface area contributed by atoms with Crippen LogP contribution in [0.25, 0.3) is 60.6 Å². The fraction of sp³-hybridized carbons (Fsp3) is 0.0882. The Morgan fingerprint density at radius 1 is 0.583 bits per heavy atom. The first kappa shape index (κ1) is 17.9. The minimum absolute atomic E-state index is 0.946.